The molecule has 0 radical (unpaired) electrons. The Kier molecular flexibility index (Phi) is 4.95. The van der Waals surface area contributed by atoms with E-state index in [9.17, 15) is 9.59 Å². The minimum absolute atomic E-state index is 0.164. The normalized spacial score (nSPS) is 10.9. The number of aromatic nitrogens is 1. The maximum Gasteiger partial charge on any atom is 0.262 e. The molecule has 1 N–H and O–H groups in total. The van der Waals surface area contributed by atoms with Gasteiger partial charge in [0.25, 0.3) is 11.5 Å². The van der Waals surface area contributed by atoms with Crippen LogP contribution in [0.15, 0.2) is 77.7 Å². The lowest BCUT2D eigenvalue weighted by Crippen LogP contribution is -2.22. The lowest BCUT2D eigenvalue weighted by molar-refractivity contribution is 0.102. The van der Waals surface area contributed by atoms with Gasteiger partial charge in [0, 0.05) is 33.4 Å². The van der Waals surface area contributed by atoms with Crippen molar-refractivity contribution in [3.63, 3.8) is 0 Å². The molecule has 1 heterocycles. The summed E-state index contributed by atoms with van der Waals surface area (Å²) in [4.78, 5) is 26.2. The number of aryl methyl sites for hydroxylation is 2. The van der Waals surface area contributed by atoms with Gasteiger partial charge in [-0.15, -0.1) is 0 Å². The van der Waals surface area contributed by atoms with Crippen LogP contribution < -0.4 is 10.9 Å². The van der Waals surface area contributed by atoms with Gasteiger partial charge in [0.05, 0.1) is 5.56 Å². The summed E-state index contributed by atoms with van der Waals surface area (Å²) in [5, 5.41) is 4.50. The first-order chi connectivity index (χ1) is 13.9. The van der Waals surface area contributed by atoms with Crippen molar-refractivity contribution in [2.24, 2.45) is 0 Å². The SMILES string of the molecule is Cc1ccc(-n2cc(C(=O)Nc3cccc(Cl)c3)c3ccccc3c2=O)cc1C. The van der Waals surface area contributed by atoms with E-state index in [2.05, 4.69) is 5.32 Å². The van der Waals surface area contributed by atoms with Crippen LogP contribution in [0.3, 0.4) is 0 Å². The molecule has 0 fully saturated rings. The van der Waals surface area contributed by atoms with Crippen molar-refractivity contribution in [1.82, 2.24) is 4.57 Å². The molecular weight excluding hydrogens is 384 g/mol. The number of hydrogen-bond acceptors (Lipinski definition) is 2. The van der Waals surface area contributed by atoms with E-state index in [1.54, 1.807) is 48.7 Å². The predicted octanol–water partition coefficient (Wildman–Crippen LogP) is 5.51. The zero-order chi connectivity index (χ0) is 20.5. The Morgan fingerprint density at radius 2 is 1.66 bits per heavy atom. The minimum atomic E-state index is -0.305. The predicted molar refractivity (Wildman–Crippen MR) is 118 cm³/mol. The van der Waals surface area contributed by atoms with E-state index < -0.39 is 0 Å². The van der Waals surface area contributed by atoms with Crippen LogP contribution in [0.5, 0.6) is 0 Å². The highest BCUT2D eigenvalue weighted by Crippen LogP contribution is 2.21. The summed E-state index contributed by atoms with van der Waals surface area (Å²) in [6.45, 7) is 4.02. The molecule has 0 atom stereocenters. The number of halogens is 1. The second kappa shape index (κ2) is 7.57. The molecule has 0 saturated carbocycles. The maximum absolute atomic E-state index is 13.1. The van der Waals surface area contributed by atoms with Crippen LogP contribution in [-0.4, -0.2) is 10.5 Å². The summed E-state index contributed by atoms with van der Waals surface area (Å²) in [7, 11) is 0. The average Bonchev–Trinajstić information content (AvgIpc) is 2.70. The van der Waals surface area contributed by atoms with Gasteiger partial charge in [-0.3, -0.25) is 14.2 Å². The van der Waals surface area contributed by atoms with Gasteiger partial charge in [-0.05, 0) is 61.4 Å². The number of nitrogens with one attached hydrogen (secondary N) is 1. The van der Waals surface area contributed by atoms with Crippen molar-refractivity contribution in [2.75, 3.05) is 5.32 Å². The maximum atomic E-state index is 13.1. The molecular formula is C24H19ClN2O2. The van der Waals surface area contributed by atoms with Crippen LogP contribution in [0.2, 0.25) is 5.02 Å². The minimum Gasteiger partial charge on any atom is -0.322 e. The van der Waals surface area contributed by atoms with Gasteiger partial charge in [0.1, 0.15) is 0 Å². The van der Waals surface area contributed by atoms with Crippen LogP contribution in [0.25, 0.3) is 16.5 Å². The number of fused-ring (bicyclic) bond motifs is 1. The summed E-state index contributed by atoms with van der Waals surface area (Å²) in [5.41, 5.74) is 3.78. The number of pyridine rings is 1. The van der Waals surface area contributed by atoms with Crippen LogP contribution in [0.1, 0.15) is 21.5 Å². The van der Waals surface area contributed by atoms with Gasteiger partial charge in [-0.25, -0.2) is 0 Å². The van der Waals surface area contributed by atoms with E-state index in [-0.39, 0.29) is 11.5 Å². The first kappa shape index (κ1) is 19.0. The van der Waals surface area contributed by atoms with E-state index in [0.717, 1.165) is 16.8 Å². The fraction of sp³-hybridized carbons (Fsp3) is 0.0833. The van der Waals surface area contributed by atoms with E-state index in [0.29, 0.717) is 27.0 Å². The summed E-state index contributed by atoms with van der Waals surface area (Å²) >= 11 is 6.03. The third-order valence-electron chi connectivity index (χ3n) is 5.02. The third-order valence-corrected chi connectivity index (χ3v) is 5.26. The van der Waals surface area contributed by atoms with E-state index in [4.69, 9.17) is 11.6 Å². The van der Waals surface area contributed by atoms with Crippen molar-refractivity contribution >= 4 is 34.0 Å². The number of nitrogens with zero attached hydrogens (tertiary/aromatic N) is 1. The van der Waals surface area contributed by atoms with Crippen LogP contribution in [0.4, 0.5) is 5.69 Å². The lowest BCUT2D eigenvalue weighted by Gasteiger charge is -2.14. The van der Waals surface area contributed by atoms with E-state index in [1.807, 2.05) is 38.1 Å². The van der Waals surface area contributed by atoms with Crippen molar-refractivity contribution in [3.8, 4) is 5.69 Å². The Balaban J connectivity index is 1.89. The van der Waals surface area contributed by atoms with E-state index in [1.165, 1.54) is 4.57 Å². The molecule has 0 unspecified atom stereocenters. The molecule has 0 bridgehead atoms. The second-order valence-corrected chi connectivity index (χ2v) is 7.43. The smallest absolute Gasteiger partial charge is 0.262 e. The van der Waals surface area contributed by atoms with Gasteiger partial charge < -0.3 is 5.32 Å². The lowest BCUT2D eigenvalue weighted by atomic mass is 10.1. The standard InChI is InChI=1S/C24H19ClN2O2/c1-15-10-11-19(12-16(15)2)27-14-22(20-8-3-4-9-21(20)24(27)29)23(28)26-18-7-5-6-17(25)13-18/h3-14H,1-2H3,(H,26,28). The first-order valence-corrected chi connectivity index (χ1v) is 9.61. The molecule has 3 aromatic carbocycles. The molecule has 4 nitrogen and oxygen atoms in total. The molecule has 5 heteroatoms. The Hall–Kier alpha value is -3.37. The van der Waals surface area contributed by atoms with Crippen molar-refractivity contribution in [3.05, 3.63) is 105 Å². The molecule has 4 rings (SSSR count). The number of benzene rings is 3. The summed E-state index contributed by atoms with van der Waals surface area (Å²) in [5.74, 6) is -0.305. The monoisotopic (exact) mass is 402 g/mol. The number of hydrogen-bond donors (Lipinski definition) is 1. The second-order valence-electron chi connectivity index (χ2n) is 7.00. The summed E-state index contributed by atoms with van der Waals surface area (Å²) in [6.07, 6.45) is 1.61. The van der Waals surface area contributed by atoms with Gasteiger partial charge >= 0.3 is 0 Å². The highest BCUT2D eigenvalue weighted by molar-refractivity contribution is 6.31. The van der Waals surface area contributed by atoms with Gasteiger partial charge in [-0.1, -0.05) is 41.9 Å². The number of carbonyl (C=O) groups excluding carboxylic acids is 1. The number of rotatable bonds is 3. The van der Waals surface area contributed by atoms with E-state index >= 15 is 0 Å². The van der Waals surface area contributed by atoms with Crippen molar-refractivity contribution < 1.29 is 4.79 Å². The fourth-order valence-electron chi connectivity index (χ4n) is 3.30. The van der Waals surface area contributed by atoms with Crippen molar-refractivity contribution in [2.45, 2.75) is 13.8 Å². The number of carbonyl (C=O) groups is 1. The molecule has 0 aliphatic heterocycles. The van der Waals surface area contributed by atoms with Crippen LogP contribution in [-0.2, 0) is 0 Å². The highest BCUT2D eigenvalue weighted by atomic mass is 35.5. The van der Waals surface area contributed by atoms with Crippen LogP contribution >= 0.6 is 11.6 Å². The zero-order valence-corrected chi connectivity index (χ0v) is 16.8. The number of amides is 1. The van der Waals surface area contributed by atoms with Gasteiger partial charge in [0.2, 0.25) is 0 Å². The Morgan fingerprint density at radius 1 is 0.897 bits per heavy atom. The average molecular weight is 403 g/mol. The Labute approximate surface area is 173 Å². The third kappa shape index (κ3) is 3.67. The zero-order valence-electron chi connectivity index (χ0n) is 16.1. The Morgan fingerprint density at radius 3 is 2.38 bits per heavy atom. The van der Waals surface area contributed by atoms with Gasteiger partial charge in [-0.2, -0.15) is 0 Å². The van der Waals surface area contributed by atoms with Crippen LogP contribution in [0, 0.1) is 13.8 Å². The van der Waals surface area contributed by atoms with Gasteiger partial charge in [0.15, 0.2) is 0 Å². The fourth-order valence-corrected chi connectivity index (χ4v) is 3.49. The molecule has 1 aromatic heterocycles. The first-order valence-electron chi connectivity index (χ1n) is 9.23. The molecule has 0 saturated heterocycles. The summed E-state index contributed by atoms with van der Waals surface area (Å²) < 4.78 is 1.53. The molecule has 1 amide bonds. The number of anilines is 1. The largest absolute Gasteiger partial charge is 0.322 e. The molecule has 0 aliphatic carbocycles. The molecule has 4 aromatic rings. The molecule has 0 spiro atoms. The Bertz CT molecular complexity index is 1310. The highest BCUT2D eigenvalue weighted by Gasteiger charge is 2.16. The quantitative estimate of drug-likeness (QED) is 0.491. The molecule has 29 heavy (non-hydrogen) atoms. The molecule has 0 aliphatic rings. The summed E-state index contributed by atoms with van der Waals surface area (Å²) in [6, 6.07) is 19.9. The molecule has 144 valence electrons. The topological polar surface area (TPSA) is 51.1 Å². The van der Waals surface area contributed by atoms with Crippen molar-refractivity contribution in [1.29, 1.82) is 0 Å².